The fraction of sp³-hybridized carbons (Fsp3) is 0.176. The van der Waals surface area contributed by atoms with Crippen molar-refractivity contribution in [1.29, 1.82) is 0 Å². The lowest BCUT2D eigenvalue weighted by Gasteiger charge is -2.15. The van der Waals surface area contributed by atoms with Crippen molar-refractivity contribution in [2.24, 2.45) is 5.73 Å². The van der Waals surface area contributed by atoms with E-state index in [1.807, 2.05) is 0 Å². The lowest BCUT2D eigenvalue weighted by molar-refractivity contribution is -0.144. The van der Waals surface area contributed by atoms with Gasteiger partial charge in [0.05, 0.1) is 0 Å². The van der Waals surface area contributed by atoms with E-state index in [4.69, 9.17) is 15.6 Å². The van der Waals surface area contributed by atoms with Crippen LogP contribution in [0.5, 0.6) is 5.75 Å². The lowest BCUT2D eigenvalue weighted by Crippen LogP contribution is -2.40. The van der Waals surface area contributed by atoms with E-state index in [0.29, 0.717) is 0 Å². The number of carboxylic acid groups (broad SMARTS) is 1. The highest BCUT2D eigenvalue weighted by Gasteiger charge is 2.40. The molecule has 1 aliphatic heterocycles. The van der Waals surface area contributed by atoms with Gasteiger partial charge in [-0.15, -0.1) is 0 Å². The molecule has 0 bridgehead atoms. The van der Waals surface area contributed by atoms with Crippen molar-refractivity contribution in [1.82, 2.24) is 0 Å². The van der Waals surface area contributed by atoms with Gasteiger partial charge in [-0.3, -0.25) is 4.79 Å². The van der Waals surface area contributed by atoms with E-state index in [2.05, 4.69) is 0 Å². The van der Waals surface area contributed by atoms with Crippen molar-refractivity contribution >= 4 is 21.6 Å². The summed E-state index contributed by atoms with van der Waals surface area (Å²) in [5, 5.41) is 6.24. The number of benzene rings is 2. The Bertz CT molecular complexity index is 1170. The number of rotatable bonds is 5. The van der Waals surface area contributed by atoms with Crippen molar-refractivity contribution in [2.75, 3.05) is 0 Å². The summed E-state index contributed by atoms with van der Waals surface area (Å²) >= 11 is 0. The van der Waals surface area contributed by atoms with Gasteiger partial charge in [-0.25, -0.2) is 35.2 Å². The SMILES string of the molecule is NC(C(=O)c1ccc2c(c1)CC(C(=O)O)O2)S(=O)(=O)c1c(F)c(F)c(F)c(F)c1F. The number of aliphatic carboxylic acids is 1. The predicted octanol–water partition coefficient (Wildman–Crippen LogP) is 1.71. The standard InChI is InChI=1S/C17H10F5NO6S/c18-9-10(19)12(21)15(13(22)11(9)20)30(27,28)16(23)14(24)5-1-2-7-6(3-5)4-8(29-7)17(25)26/h1-3,8,16H,4,23H2,(H,25,26). The molecule has 7 nitrogen and oxygen atoms in total. The van der Waals surface area contributed by atoms with Crippen molar-refractivity contribution in [2.45, 2.75) is 22.8 Å². The van der Waals surface area contributed by atoms with E-state index in [9.17, 15) is 40.0 Å². The first-order valence-electron chi connectivity index (χ1n) is 7.95. The van der Waals surface area contributed by atoms with E-state index in [0.717, 1.165) is 18.2 Å². The van der Waals surface area contributed by atoms with Crippen LogP contribution in [-0.4, -0.2) is 36.8 Å². The second-order valence-corrected chi connectivity index (χ2v) is 8.21. The van der Waals surface area contributed by atoms with Crippen LogP contribution in [-0.2, 0) is 21.1 Å². The number of halogens is 5. The fourth-order valence-electron chi connectivity index (χ4n) is 2.81. The average Bonchev–Trinajstić information content (AvgIpc) is 3.13. The zero-order valence-corrected chi connectivity index (χ0v) is 15.3. The molecular formula is C17H10F5NO6S. The third kappa shape index (κ3) is 3.29. The molecule has 3 rings (SSSR count). The Kier molecular flexibility index (Phi) is 5.28. The first-order chi connectivity index (χ1) is 13.9. The number of nitrogens with two attached hydrogens (primary N) is 1. The zero-order chi connectivity index (χ0) is 22.5. The molecule has 13 heteroatoms. The predicted molar refractivity (Wildman–Crippen MR) is 87.9 cm³/mol. The highest BCUT2D eigenvalue weighted by Crippen LogP contribution is 2.32. The van der Waals surface area contributed by atoms with E-state index in [1.165, 1.54) is 0 Å². The van der Waals surface area contributed by atoms with Gasteiger partial charge >= 0.3 is 5.97 Å². The first-order valence-corrected chi connectivity index (χ1v) is 9.50. The Morgan fingerprint density at radius 1 is 1.03 bits per heavy atom. The summed E-state index contributed by atoms with van der Waals surface area (Å²) in [7, 11) is -5.54. The van der Waals surface area contributed by atoms with Crippen LogP contribution in [0.25, 0.3) is 0 Å². The largest absolute Gasteiger partial charge is 0.478 e. The van der Waals surface area contributed by atoms with Crippen LogP contribution in [0.1, 0.15) is 15.9 Å². The summed E-state index contributed by atoms with van der Waals surface area (Å²) < 4.78 is 97.5. The quantitative estimate of drug-likeness (QED) is 0.233. The monoisotopic (exact) mass is 451 g/mol. The maximum atomic E-state index is 13.9. The smallest absolute Gasteiger partial charge is 0.345 e. The van der Waals surface area contributed by atoms with Crippen molar-refractivity contribution < 1.29 is 49.8 Å². The van der Waals surface area contributed by atoms with Crippen LogP contribution in [0.3, 0.4) is 0 Å². The van der Waals surface area contributed by atoms with Gasteiger partial charge in [-0.05, 0) is 23.8 Å². The Labute approximate surface area is 164 Å². The third-order valence-electron chi connectivity index (χ3n) is 4.34. The van der Waals surface area contributed by atoms with Gasteiger partial charge in [0.15, 0.2) is 40.5 Å². The van der Waals surface area contributed by atoms with Crippen LogP contribution < -0.4 is 10.5 Å². The van der Waals surface area contributed by atoms with Gasteiger partial charge in [0.1, 0.15) is 10.6 Å². The van der Waals surface area contributed by atoms with Crippen LogP contribution in [0.2, 0.25) is 0 Å². The molecule has 2 unspecified atom stereocenters. The van der Waals surface area contributed by atoms with Crippen molar-refractivity contribution in [3.05, 3.63) is 58.4 Å². The number of sulfone groups is 1. The Morgan fingerprint density at radius 3 is 2.10 bits per heavy atom. The Morgan fingerprint density at radius 2 is 1.57 bits per heavy atom. The first kappa shape index (κ1) is 21.6. The lowest BCUT2D eigenvalue weighted by atomic mass is 10.0. The number of carboxylic acids is 1. The number of ketones is 1. The van der Waals surface area contributed by atoms with Gasteiger partial charge in [-0.1, -0.05) is 0 Å². The molecule has 2 aromatic carbocycles. The molecule has 30 heavy (non-hydrogen) atoms. The maximum Gasteiger partial charge on any atom is 0.345 e. The number of carbonyl (C=O) groups is 2. The molecule has 0 amide bonds. The fourth-order valence-corrected chi connectivity index (χ4v) is 4.16. The molecule has 0 saturated heterocycles. The van der Waals surface area contributed by atoms with E-state index in [1.54, 1.807) is 0 Å². The van der Waals surface area contributed by atoms with E-state index >= 15 is 0 Å². The summed E-state index contributed by atoms with van der Waals surface area (Å²) in [6.45, 7) is 0. The second-order valence-electron chi connectivity index (χ2n) is 6.20. The summed E-state index contributed by atoms with van der Waals surface area (Å²) in [4.78, 5) is 21.2. The maximum absolute atomic E-state index is 13.9. The summed E-state index contributed by atoms with van der Waals surface area (Å²) in [6, 6.07) is 3.23. The van der Waals surface area contributed by atoms with E-state index in [-0.39, 0.29) is 17.7 Å². The minimum absolute atomic E-state index is 0.107. The molecular weight excluding hydrogens is 441 g/mol. The van der Waals surface area contributed by atoms with Crippen LogP contribution in [0.4, 0.5) is 22.0 Å². The Hall–Kier alpha value is -3.06. The zero-order valence-electron chi connectivity index (χ0n) is 14.5. The molecule has 0 radical (unpaired) electrons. The molecule has 3 N–H and O–H groups in total. The summed E-state index contributed by atoms with van der Waals surface area (Å²) in [5.74, 6) is -15.5. The molecule has 2 aromatic rings. The number of hydrogen-bond acceptors (Lipinski definition) is 6. The van der Waals surface area contributed by atoms with Crippen LogP contribution >= 0.6 is 0 Å². The second kappa shape index (κ2) is 7.32. The van der Waals surface area contributed by atoms with E-state index < -0.39 is 72.6 Å². The molecule has 0 aliphatic carbocycles. The van der Waals surface area contributed by atoms with Crippen LogP contribution in [0, 0.1) is 29.1 Å². The number of Topliss-reactive ketones (excluding diaryl/α,β-unsaturated/α-hetero) is 1. The molecule has 1 heterocycles. The normalized spacial score (nSPS) is 16.7. The van der Waals surface area contributed by atoms with Gasteiger partial charge in [-0.2, -0.15) is 0 Å². The highest BCUT2D eigenvalue weighted by atomic mass is 32.2. The highest BCUT2D eigenvalue weighted by molar-refractivity contribution is 7.92. The number of hydrogen-bond donors (Lipinski definition) is 2. The van der Waals surface area contributed by atoms with Gasteiger partial charge in [0.2, 0.25) is 15.7 Å². The summed E-state index contributed by atoms with van der Waals surface area (Å²) in [6.07, 6.45) is -1.40. The molecule has 0 fully saturated rings. The van der Waals surface area contributed by atoms with Crippen molar-refractivity contribution in [3.63, 3.8) is 0 Å². The molecule has 2 atom stereocenters. The topological polar surface area (TPSA) is 124 Å². The molecule has 160 valence electrons. The molecule has 0 saturated carbocycles. The van der Waals surface area contributed by atoms with Gasteiger partial charge in [0, 0.05) is 12.0 Å². The third-order valence-corrected chi connectivity index (χ3v) is 6.15. The number of ether oxygens (including phenoxy) is 1. The minimum atomic E-state index is -5.54. The number of fused-ring (bicyclic) bond motifs is 1. The van der Waals surface area contributed by atoms with Gasteiger partial charge < -0.3 is 15.6 Å². The Balaban J connectivity index is 2.00. The summed E-state index contributed by atoms with van der Waals surface area (Å²) in [5.41, 5.74) is 5.14. The number of carbonyl (C=O) groups excluding carboxylic acids is 1. The molecule has 0 spiro atoms. The molecule has 0 aromatic heterocycles. The van der Waals surface area contributed by atoms with Gasteiger partial charge in [0.25, 0.3) is 0 Å². The average molecular weight is 451 g/mol. The molecule has 1 aliphatic rings. The minimum Gasteiger partial charge on any atom is -0.478 e. The van der Waals surface area contributed by atoms with Crippen molar-refractivity contribution in [3.8, 4) is 5.75 Å². The van der Waals surface area contributed by atoms with Crippen LogP contribution in [0.15, 0.2) is 23.1 Å².